The second-order valence-electron chi connectivity index (χ2n) is 4.47. The van der Waals surface area contributed by atoms with Gasteiger partial charge in [-0.15, -0.1) is 0 Å². The molecule has 20 heavy (non-hydrogen) atoms. The molecule has 0 amide bonds. The summed E-state index contributed by atoms with van der Waals surface area (Å²) in [5.41, 5.74) is 2.49. The van der Waals surface area contributed by atoms with E-state index in [4.69, 9.17) is 21.1 Å². The van der Waals surface area contributed by atoms with Crippen LogP contribution in [0.3, 0.4) is 0 Å². The second kappa shape index (κ2) is 6.09. The van der Waals surface area contributed by atoms with Crippen LogP contribution in [0.15, 0.2) is 18.2 Å². The molecule has 5 heteroatoms. The van der Waals surface area contributed by atoms with Crippen molar-refractivity contribution < 1.29 is 14.3 Å². The molecular weight excluding hydrogens is 278 g/mol. The van der Waals surface area contributed by atoms with E-state index >= 15 is 0 Å². The normalized spacial score (nSPS) is 10.6. The number of hydrogen-bond donors (Lipinski definition) is 0. The summed E-state index contributed by atoms with van der Waals surface area (Å²) in [7, 11) is 0. The van der Waals surface area contributed by atoms with Crippen LogP contribution in [0.2, 0.25) is 5.02 Å². The van der Waals surface area contributed by atoms with Gasteiger partial charge in [-0.1, -0.05) is 11.6 Å². The van der Waals surface area contributed by atoms with Crippen LogP contribution in [0.5, 0.6) is 5.75 Å². The minimum absolute atomic E-state index is 0.117. The van der Waals surface area contributed by atoms with Gasteiger partial charge in [-0.05, 0) is 38.5 Å². The first kappa shape index (κ1) is 14.6. The van der Waals surface area contributed by atoms with E-state index in [0.717, 1.165) is 22.2 Å². The number of halogens is 1. The van der Waals surface area contributed by atoms with Gasteiger partial charge in [0.05, 0.1) is 12.1 Å². The molecule has 0 atom stereocenters. The molecular formula is C15H16ClNO3. The predicted molar refractivity (Wildman–Crippen MR) is 78.4 cm³/mol. The van der Waals surface area contributed by atoms with Gasteiger partial charge in [0.2, 0.25) is 0 Å². The summed E-state index contributed by atoms with van der Waals surface area (Å²) in [5.74, 6) is 0.223. The molecule has 0 aliphatic carbocycles. The predicted octanol–water partition coefficient (Wildman–Crippen LogP) is 3.45. The number of rotatable bonds is 4. The molecule has 106 valence electrons. The van der Waals surface area contributed by atoms with E-state index in [-0.39, 0.29) is 12.6 Å². The summed E-state index contributed by atoms with van der Waals surface area (Å²) < 4.78 is 10.4. The van der Waals surface area contributed by atoms with Crippen LogP contribution in [0.25, 0.3) is 10.9 Å². The molecule has 0 saturated heterocycles. The Hall–Kier alpha value is -1.81. The van der Waals surface area contributed by atoms with Gasteiger partial charge in [-0.3, -0.25) is 4.98 Å². The Bertz CT molecular complexity index is 655. The maximum atomic E-state index is 11.4. The molecule has 1 heterocycles. The second-order valence-corrected chi connectivity index (χ2v) is 4.88. The summed E-state index contributed by atoms with van der Waals surface area (Å²) in [6.45, 7) is 5.76. The van der Waals surface area contributed by atoms with Crippen molar-refractivity contribution >= 4 is 28.5 Å². The summed E-state index contributed by atoms with van der Waals surface area (Å²) in [6, 6.07) is 5.51. The molecule has 4 nitrogen and oxygen atoms in total. The lowest BCUT2D eigenvalue weighted by Crippen LogP contribution is -2.14. The number of carbonyl (C=O) groups is 1. The topological polar surface area (TPSA) is 48.4 Å². The number of ether oxygens (including phenoxy) is 2. The van der Waals surface area contributed by atoms with Gasteiger partial charge in [-0.25, -0.2) is 4.79 Å². The standard InChI is InChI=1S/C15H16ClNO3/c1-4-19-15(18)8-20-14-6-10(3)17-13-7-12(16)9(2)5-11(13)14/h5-7H,4,8H2,1-3H3. The third-order valence-corrected chi connectivity index (χ3v) is 3.24. The minimum atomic E-state index is -0.388. The van der Waals surface area contributed by atoms with Gasteiger partial charge in [0.25, 0.3) is 0 Å². The van der Waals surface area contributed by atoms with Crippen molar-refractivity contribution in [3.63, 3.8) is 0 Å². The average molecular weight is 294 g/mol. The molecule has 0 unspecified atom stereocenters. The zero-order valence-electron chi connectivity index (χ0n) is 11.7. The molecule has 1 aromatic heterocycles. The lowest BCUT2D eigenvalue weighted by Gasteiger charge is -2.11. The number of pyridine rings is 1. The third-order valence-electron chi connectivity index (χ3n) is 2.83. The molecule has 0 bridgehead atoms. The first-order chi connectivity index (χ1) is 9.51. The number of hydrogen-bond acceptors (Lipinski definition) is 4. The zero-order chi connectivity index (χ0) is 14.7. The molecule has 0 fully saturated rings. The van der Waals surface area contributed by atoms with E-state index in [0.29, 0.717) is 17.4 Å². The Balaban J connectivity index is 2.36. The van der Waals surface area contributed by atoms with Crippen LogP contribution in [-0.4, -0.2) is 24.2 Å². The number of fused-ring (bicyclic) bond motifs is 1. The molecule has 0 aliphatic rings. The van der Waals surface area contributed by atoms with Crippen LogP contribution < -0.4 is 4.74 Å². The molecule has 0 saturated carbocycles. The van der Waals surface area contributed by atoms with E-state index in [1.54, 1.807) is 19.1 Å². The Kier molecular flexibility index (Phi) is 4.45. The highest BCUT2D eigenvalue weighted by Crippen LogP contribution is 2.30. The van der Waals surface area contributed by atoms with Crippen molar-refractivity contribution in [2.75, 3.05) is 13.2 Å². The summed E-state index contributed by atoms with van der Waals surface area (Å²) in [4.78, 5) is 15.8. The van der Waals surface area contributed by atoms with Gasteiger partial charge in [0, 0.05) is 22.2 Å². The third kappa shape index (κ3) is 3.20. The molecule has 1 aromatic carbocycles. The maximum Gasteiger partial charge on any atom is 0.344 e. The van der Waals surface area contributed by atoms with Crippen LogP contribution in [0, 0.1) is 13.8 Å². The highest BCUT2D eigenvalue weighted by molar-refractivity contribution is 6.32. The van der Waals surface area contributed by atoms with Crippen molar-refractivity contribution in [3.8, 4) is 5.75 Å². The first-order valence-electron chi connectivity index (χ1n) is 6.37. The SMILES string of the molecule is CCOC(=O)COc1cc(C)nc2cc(Cl)c(C)cc12. The van der Waals surface area contributed by atoms with Crippen LogP contribution in [-0.2, 0) is 9.53 Å². The van der Waals surface area contributed by atoms with E-state index in [9.17, 15) is 4.79 Å². The summed E-state index contributed by atoms with van der Waals surface area (Å²) in [5, 5.41) is 1.49. The van der Waals surface area contributed by atoms with Crippen LogP contribution in [0.1, 0.15) is 18.2 Å². The van der Waals surface area contributed by atoms with Crippen molar-refractivity contribution in [2.24, 2.45) is 0 Å². The number of esters is 1. The summed E-state index contributed by atoms with van der Waals surface area (Å²) >= 11 is 6.11. The van der Waals surface area contributed by atoms with Gasteiger partial charge in [-0.2, -0.15) is 0 Å². The summed E-state index contributed by atoms with van der Waals surface area (Å²) in [6.07, 6.45) is 0. The Morgan fingerprint density at radius 3 is 2.75 bits per heavy atom. The fourth-order valence-corrected chi connectivity index (χ4v) is 2.07. The molecule has 0 radical (unpaired) electrons. The van der Waals surface area contributed by atoms with Crippen LogP contribution in [0.4, 0.5) is 0 Å². The largest absolute Gasteiger partial charge is 0.481 e. The van der Waals surface area contributed by atoms with Crippen molar-refractivity contribution in [1.82, 2.24) is 4.98 Å². The number of aromatic nitrogens is 1. The van der Waals surface area contributed by atoms with Gasteiger partial charge in [0.1, 0.15) is 5.75 Å². The Morgan fingerprint density at radius 1 is 1.30 bits per heavy atom. The highest BCUT2D eigenvalue weighted by Gasteiger charge is 2.10. The Morgan fingerprint density at radius 2 is 2.05 bits per heavy atom. The number of carbonyl (C=O) groups excluding carboxylic acids is 1. The van der Waals surface area contributed by atoms with Gasteiger partial charge >= 0.3 is 5.97 Å². The van der Waals surface area contributed by atoms with E-state index in [1.807, 2.05) is 19.9 Å². The number of nitrogens with zero attached hydrogens (tertiary/aromatic N) is 1. The average Bonchev–Trinajstić information content (AvgIpc) is 2.38. The fourth-order valence-electron chi connectivity index (χ4n) is 1.91. The Labute approximate surface area is 122 Å². The molecule has 0 aliphatic heterocycles. The molecule has 0 spiro atoms. The van der Waals surface area contributed by atoms with Gasteiger partial charge in [0.15, 0.2) is 6.61 Å². The lowest BCUT2D eigenvalue weighted by molar-refractivity contribution is -0.145. The van der Waals surface area contributed by atoms with Crippen molar-refractivity contribution in [2.45, 2.75) is 20.8 Å². The van der Waals surface area contributed by atoms with E-state index < -0.39 is 0 Å². The smallest absolute Gasteiger partial charge is 0.344 e. The van der Waals surface area contributed by atoms with Crippen LogP contribution >= 0.6 is 11.6 Å². The van der Waals surface area contributed by atoms with E-state index in [1.165, 1.54) is 0 Å². The number of benzene rings is 1. The first-order valence-corrected chi connectivity index (χ1v) is 6.75. The van der Waals surface area contributed by atoms with E-state index in [2.05, 4.69) is 4.98 Å². The van der Waals surface area contributed by atoms with Crippen molar-refractivity contribution in [1.29, 1.82) is 0 Å². The minimum Gasteiger partial charge on any atom is -0.481 e. The fraction of sp³-hybridized carbons (Fsp3) is 0.333. The maximum absolute atomic E-state index is 11.4. The van der Waals surface area contributed by atoms with Crippen molar-refractivity contribution in [3.05, 3.63) is 34.5 Å². The zero-order valence-corrected chi connectivity index (χ0v) is 12.5. The number of aryl methyl sites for hydroxylation is 2. The molecule has 2 rings (SSSR count). The molecule has 2 aromatic rings. The monoisotopic (exact) mass is 293 g/mol. The quantitative estimate of drug-likeness (QED) is 0.810. The molecule has 0 N–H and O–H groups in total. The lowest BCUT2D eigenvalue weighted by atomic mass is 10.1. The van der Waals surface area contributed by atoms with Gasteiger partial charge < -0.3 is 9.47 Å². The highest BCUT2D eigenvalue weighted by atomic mass is 35.5.